The molecule has 1 heterocycles. The van der Waals surface area contributed by atoms with Crippen LogP contribution in [-0.2, 0) is 9.47 Å². The van der Waals surface area contributed by atoms with E-state index in [1.807, 2.05) is 6.92 Å². The normalized spacial score (nSPS) is 26.9. The van der Waals surface area contributed by atoms with Gasteiger partial charge in [0.2, 0.25) is 5.75 Å². The first-order valence-corrected chi connectivity index (χ1v) is 10.1. The summed E-state index contributed by atoms with van der Waals surface area (Å²) >= 11 is 0. The third-order valence-electron chi connectivity index (χ3n) is 6.40. The molecule has 7 heteroatoms. The second kappa shape index (κ2) is 8.98. The smallest absolute Gasteiger partial charge is 0.203 e. The molecule has 0 aromatic heterocycles. The highest BCUT2D eigenvalue weighted by atomic mass is 16.7. The summed E-state index contributed by atoms with van der Waals surface area (Å²) < 4.78 is 28.4. The van der Waals surface area contributed by atoms with Crippen LogP contribution in [0.15, 0.2) is 36.9 Å². The lowest BCUT2D eigenvalue weighted by Crippen LogP contribution is -2.56. The van der Waals surface area contributed by atoms with E-state index in [9.17, 15) is 10.2 Å². The lowest BCUT2D eigenvalue weighted by molar-refractivity contribution is -0.242. The zero-order valence-corrected chi connectivity index (χ0v) is 18.1. The first-order chi connectivity index (χ1) is 14.4. The molecule has 7 nitrogen and oxygen atoms in total. The van der Waals surface area contributed by atoms with Crippen LogP contribution in [0.4, 0.5) is 0 Å². The molecule has 0 saturated carbocycles. The van der Waals surface area contributed by atoms with Crippen LogP contribution in [0, 0.1) is 11.3 Å². The monoisotopic (exact) mass is 420 g/mol. The fraction of sp³-hybridized carbons (Fsp3) is 0.565. The van der Waals surface area contributed by atoms with Crippen LogP contribution in [0.25, 0.3) is 0 Å². The number of methoxy groups -OCH3 is 3. The molecule has 1 aromatic carbocycles. The fourth-order valence-electron chi connectivity index (χ4n) is 4.83. The minimum Gasteiger partial charge on any atom is -0.493 e. The zero-order valence-electron chi connectivity index (χ0n) is 18.1. The standard InChI is InChI=1S/C23H32O7/c1-6-8-22(14-17(24)7-9-23(22)29-10-11-30-23)15(2)20(25)16-12-18(26-3)21(28-5)19(13-16)27-4/h6-7,9,12-13,15,17,20,24-25H,1,8,10-11,14H2,2-5H3/t15-,17-,20-,22+/m1/s1. The SMILES string of the molecule is C=CC[C@@]1([C@H](C)[C@@H](O)c2cc(OC)c(OC)c(OC)c2)C[C@H](O)C=CC12OCCO2. The van der Waals surface area contributed by atoms with Gasteiger partial charge in [0.1, 0.15) is 0 Å². The van der Waals surface area contributed by atoms with Gasteiger partial charge < -0.3 is 33.9 Å². The maximum absolute atomic E-state index is 11.5. The Balaban J connectivity index is 2.07. The summed E-state index contributed by atoms with van der Waals surface area (Å²) in [5, 5.41) is 21.9. The number of aliphatic hydroxyl groups is 2. The first-order valence-electron chi connectivity index (χ1n) is 10.1. The molecule has 1 aliphatic heterocycles. The van der Waals surface area contributed by atoms with Gasteiger partial charge in [-0.3, -0.25) is 0 Å². The third kappa shape index (κ3) is 3.60. The van der Waals surface area contributed by atoms with Crippen LogP contribution in [0.2, 0.25) is 0 Å². The first kappa shape index (κ1) is 22.6. The Hall–Kier alpha value is -2.06. The minimum atomic E-state index is -1.03. The molecule has 3 rings (SSSR count). The van der Waals surface area contributed by atoms with E-state index in [1.54, 1.807) is 30.4 Å². The van der Waals surface area contributed by atoms with Gasteiger partial charge in [0.05, 0.1) is 46.8 Å². The highest BCUT2D eigenvalue weighted by Crippen LogP contribution is 2.57. The van der Waals surface area contributed by atoms with Crippen LogP contribution in [0.3, 0.4) is 0 Å². The number of ether oxygens (including phenoxy) is 5. The molecule has 0 amide bonds. The Morgan fingerprint density at radius 1 is 1.17 bits per heavy atom. The van der Waals surface area contributed by atoms with E-state index in [-0.39, 0.29) is 5.92 Å². The molecule has 1 aliphatic carbocycles. The lowest BCUT2D eigenvalue weighted by Gasteiger charge is -2.52. The maximum Gasteiger partial charge on any atom is 0.203 e. The number of rotatable bonds is 8. The van der Waals surface area contributed by atoms with Crippen LogP contribution in [0.1, 0.15) is 31.4 Å². The second-order valence-corrected chi connectivity index (χ2v) is 7.84. The van der Waals surface area contributed by atoms with Gasteiger partial charge in [-0.1, -0.05) is 19.1 Å². The molecule has 1 saturated heterocycles. The Morgan fingerprint density at radius 3 is 2.27 bits per heavy atom. The van der Waals surface area contributed by atoms with Crippen molar-refractivity contribution in [3.8, 4) is 17.2 Å². The molecular weight excluding hydrogens is 388 g/mol. The summed E-state index contributed by atoms with van der Waals surface area (Å²) in [5.41, 5.74) is -0.114. The van der Waals surface area contributed by atoms with Crippen LogP contribution >= 0.6 is 0 Å². The van der Waals surface area contributed by atoms with E-state index < -0.39 is 23.4 Å². The van der Waals surface area contributed by atoms with E-state index in [2.05, 4.69) is 6.58 Å². The van der Waals surface area contributed by atoms with Gasteiger partial charge in [-0.05, 0) is 42.5 Å². The largest absolute Gasteiger partial charge is 0.493 e. The molecule has 2 aliphatic rings. The summed E-state index contributed by atoms with van der Waals surface area (Å²) in [6.07, 6.45) is 4.56. The van der Waals surface area contributed by atoms with Crippen molar-refractivity contribution in [1.29, 1.82) is 0 Å². The molecule has 1 spiro atoms. The average Bonchev–Trinajstić information content (AvgIpc) is 3.24. The highest BCUT2D eigenvalue weighted by molar-refractivity contribution is 5.54. The van der Waals surface area contributed by atoms with Gasteiger partial charge in [-0.25, -0.2) is 0 Å². The van der Waals surface area contributed by atoms with Crippen molar-refractivity contribution in [3.63, 3.8) is 0 Å². The summed E-state index contributed by atoms with van der Waals surface area (Å²) in [4.78, 5) is 0. The summed E-state index contributed by atoms with van der Waals surface area (Å²) in [6, 6.07) is 3.48. The van der Waals surface area contributed by atoms with Gasteiger partial charge in [0, 0.05) is 5.41 Å². The lowest BCUT2D eigenvalue weighted by atomic mass is 9.60. The van der Waals surface area contributed by atoms with E-state index in [0.29, 0.717) is 48.9 Å². The average molecular weight is 421 g/mol. The second-order valence-electron chi connectivity index (χ2n) is 7.84. The predicted molar refractivity (Wildman–Crippen MR) is 112 cm³/mol. The maximum atomic E-state index is 11.5. The van der Waals surface area contributed by atoms with Gasteiger partial charge in [-0.2, -0.15) is 0 Å². The number of hydrogen-bond acceptors (Lipinski definition) is 7. The minimum absolute atomic E-state index is 0.365. The summed E-state index contributed by atoms with van der Waals surface area (Å²) in [5.74, 6) is -0.0121. The van der Waals surface area contributed by atoms with Crippen LogP contribution in [-0.4, -0.2) is 56.6 Å². The van der Waals surface area contributed by atoms with Crippen molar-refractivity contribution in [2.75, 3.05) is 34.5 Å². The van der Waals surface area contributed by atoms with Crippen molar-refractivity contribution in [2.24, 2.45) is 11.3 Å². The number of allylic oxidation sites excluding steroid dienone is 1. The van der Waals surface area contributed by atoms with E-state index in [1.165, 1.54) is 21.3 Å². The van der Waals surface area contributed by atoms with Crippen molar-refractivity contribution in [1.82, 2.24) is 0 Å². The molecule has 1 aromatic rings. The molecule has 4 atom stereocenters. The molecule has 166 valence electrons. The van der Waals surface area contributed by atoms with Gasteiger partial charge in [-0.15, -0.1) is 6.58 Å². The third-order valence-corrected chi connectivity index (χ3v) is 6.40. The Bertz CT molecular complexity index is 759. The van der Waals surface area contributed by atoms with Crippen LogP contribution in [0.5, 0.6) is 17.2 Å². The van der Waals surface area contributed by atoms with Crippen molar-refractivity contribution < 1.29 is 33.9 Å². The molecule has 30 heavy (non-hydrogen) atoms. The fourth-order valence-corrected chi connectivity index (χ4v) is 4.83. The van der Waals surface area contributed by atoms with E-state index in [4.69, 9.17) is 23.7 Å². The van der Waals surface area contributed by atoms with Crippen molar-refractivity contribution in [2.45, 2.75) is 37.8 Å². The van der Waals surface area contributed by atoms with Crippen molar-refractivity contribution in [3.05, 3.63) is 42.5 Å². The topological polar surface area (TPSA) is 86.6 Å². The van der Waals surface area contributed by atoms with E-state index in [0.717, 1.165) is 0 Å². The Morgan fingerprint density at radius 2 is 1.77 bits per heavy atom. The van der Waals surface area contributed by atoms with E-state index >= 15 is 0 Å². The van der Waals surface area contributed by atoms with Gasteiger partial charge in [0.15, 0.2) is 17.3 Å². The zero-order chi connectivity index (χ0) is 21.9. The summed E-state index contributed by atoms with van der Waals surface area (Å²) in [6.45, 7) is 6.76. The molecule has 2 N–H and O–H groups in total. The molecule has 0 bridgehead atoms. The number of benzene rings is 1. The quantitative estimate of drug-likeness (QED) is 0.625. The Labute approximate surface area is 177 Å². The van der Waals surface area contributed by atoms with Gasteiger partial charge in [0.25, 0.3) is 0 Å². The molecule has 0 unspecified atom stereocenters. The highest BCUT2D eigenvalue weighted by Gasteiger charge is 2.60. The number of hydrogen-bond donors (Lipinski definition) is 2. The predicted octanol–water partition coefficient (Wildman–Crippen LogP) is 3.01. The van der Waals surface area contributed by atoms with Crippen molar-refractivity contribution >= 4 is 0 Å². The number of aliphatic hydroxyl groups excluding tert-OH is 2. The molecule has 1 fully saturated rings. The van der Waals surface area contributed by atoms with Gasteiger partial charge >= 0.3 is 0 Å². The van der Waals surface area contributed by atoms with Crippen LogP contribution < -0.4 is 14.2 Å². The summed E-state index contributed by atoms with van der Waals surface area (Å²) in [7, 11) is 4.60. The molecule has 0 radical (unpaired) electrons. The molecular formula is C23H32O7. The Kier molecular flexibility index (Phi) is 6.77.